The van der Waals surface area contributed by atoms with E-state index in [0.717, 1.165) is 45.3 Å². The van der Waals surface area contributed by atoms with Gasteiger partial charge < -0.3 is 10.2 Å². The van der Waals surface area contributed by atoms with Crippen LogP contribution in [0.5, 0.6) is 0 Å². The van der Waals surface area contributed by atoms with E-state index in [2.05, 4.69) is 16.3 Å². The Kier molecular flexibility index (Phi) is 3.79. The number of carbonyl (C=O) groups excluding carboxylic acids is 1. The molecule has 0 spiro atoms. The molecule has 1 aliphatic heterocycles. The number of hydrogen-bond donors (Lipinski definition) is 1. The SMILES string of the molecule is N#CCCN1CCC(C(=O)NC2CC2)CC1. The quantitative estimate of drug-likeness (QED) is 0.767. The Morgan fingerprint density at radius 1 is 1.31 bits per heavy atom. The van der Waals surface area contributed by atoms with E-state index in [9.17, 15) is 4.79 Å². The Labute approximate surface area is 96.6 Å². The standard InChI is InChI=1S/C12H19N3O/c13-6-1-7-15-8-4-10(5-9-15)12(16)14-11-2-3-11/h10-11H,1-5,7-9H2,(H,14,16). The Balaban J connectivity index is 1.67. The lowest BCUT2D eigenvalue weighted by Gasteiger charge is -2.30. The molecule has 0 unspecified atom stereocenters. The van der Waals surface area contributed by atoms with Crippen molar-refractivity contribution in [2.24, 2.45) is 5.92 Å². The maximum atomic E-state index is 11.8. The first-order valence-corrected chi connectivity index (χ1v) is 6.19. The van der Waals surface area contributed by atoms with E-state index in [0.29, 0.717) is 12.5 Å². The Morgan fingerprint density at radius 3 is 2.56 bits per heavy atom. The van der Waals surface area contributed by atoms with Gasteiger partial charge in [0.15, 0.2) is 0 Å². The summed E-state index contributed by atoms with van der Waals surface area (Å²) in [5, 5.41) is 11.6. The number of likely N-dealkylation sites (tertiary alicyclic amines) is 1. The second-order valence-electron chi connectivity index (χ2n) is 4.81. The number of carbonyl (C=O) groups is 1. The predicted octanol–water partition coefficient (Wildman–Crippen LogP) is 0.891. The summed E-state index contributed by atoms with van der Waals surface area (Å²) >= 11 is 0. The van der Waals surface area contributed by atoms with E-state index in [4.69, 9.17) is 5.26 Å². The van der Waals surface area contributed by atoms with Gasteiger partial charge in [0.2, 0.25) is 5.91 Å². The maximum Gasteiger partial charge on any atom is 0.223 e. The molecule has 4 heteroatoms. The number of hydrogen-bond acceptors (Lipinski definition) is 3. The molecule has 0 aromatic carbocycles. The third-order valence-corrected chi connectivity index (χ3v) is 3.42. The summed E-state index contributed by atoms with van der Waals surface area (Å²) < 4.78 is 0. The molecular formula is C12H19N3O. The fourth-order valence-corrected chi connectivity index (χ4v) is 2.17. The van der Waals surface area contributed by atoms with Crippen molar-refractivity contribution in [2.45, 2.75) is 38.1 Å². The van der Waals surface area contributed by atoms with E-state index >= 15 is 0 Å². The maximum absolute atomic E-state index is 11.8. The van der Waals surface area contributed by atoms with Gasteiger partial charge in [0, 0.05) is 24.9 Å². The summed E-state index contributed by atoms with van der Waals surface area (Å²) in [5.74, 6) is 0.460. The fourth-order valence-electron chi connectivity index (χ4n) is 2.17. The molecule has 1 amide bonds. The first kappa shape index (κ1) is 11.4. The summed E-state index contributed by atoms with van der Waals surface area (Å²) in [6.07, 6.45) is 4.81. The zero-order valence-electron chi connectivity index (χ0n) is 9.61. The van der Waals surface area contributed by atoms with Gasteiger partial charge in [0.1, 0.15) is 0 Å². The van der Waals surface area contributed by atoms with Crippen LogP contribution in [0.2, 0.25) is 0 Å². The molecule has 0 bridgehead atoms. The predicted molar refractivity (Wildman–Crippen MR) is 60.6 cm³/mol. The summed E-state index contributed by atoms with van der Waals surface area (Å²) in [7, 11) is 0. The van der Waals surface area contributed by atoms with Gasteiger partial charge in [0.25, 0.3) is 0 Å². The molecule has 1 aliphatic carbocycles. The van der Waals surface area contributed by atoms with Crippen LogP contribution in [0.25, 0.3) is 0 Å². The molecule has 2 rings (SSSR count). The molecule has 2 aliphatic rings. The van der Waals surface area contributed by atoms with Crippen LogP contribution in [0, 0.1) is 17.2 Å². The van der Waals surface area contributed by atoms with E-state index in [-0.39, 0.29) is 11.8 Å². The summed E-state index contributed by atoms with van der Waals surface area (Å²) in [6.45, 7) is 2.78. The Hall–Kier alpha value is -1.08. The topological polar surface area (TPSA) is 56.1 Å². The lowest BCUT2D eigenvalue weighted by atomic mass is 9.96. The average Bonchev–Trinajstić information content (AvgIpc) is 3.11. The number of amides is 1. The molecule has 1 saturated heterocycles. The minimum absolute atomic E-state index is 0.207. The number of piperidine rings is 1. The molecule has 1 saturated carbocycles. The highest BCUT2D eigenvalue weighted by atomic mass is 16.2. The molecule has 0 radical (unpaired) electrons. The van der Waals surface area contributed by atoms with Crippen LogP contribution in [0.1, 0.15) is 32.1 Å². The first-order chi connectivity index (χ1) is 7.79. The van der Waals surface area contributed by atoms with Crippen LogP contribution < -0.4 is 5.32 Å². The minimum Gasteiger partial charge on any atom is -0.353 e. The number of nitrogens with one attached hydrogen (secondary N) is 1. The monoisotopic (exact) mass is 221 g/mol. The molecule has 4 nitrogen and oxygen atoms in total. The second kappa shape index (κ2) is 5.31. The number of nitrogens with zero attached hydrogens (tertiary/aromatic N) is 2. The van der Waals surface area contributed by atoms with Gasteiger partial charge in [-0.3, -0.25) is 4.79 Å². The smallest absolute Gasteiger partial charge is 0.223 e. The normalized spacial score (nSPS) is 22.7. The van der Waals surface area contributed by atoms with Gasteiger partial charge in [0.05, 0.1) is 6.07 Å². The highest BCUT2D eigenvalue weighted by molar-refractivity contribution is 5.79. The highest BCUT2D eigenvalue weighted by Crippen LogP contribution is 2.22. The van der Waals surface area contributed by atoms with Crippen LogP contribution in [0.15, 0.2) is 0 Å². The molecule has 1 N–H and O–H groups in total. The van der Waals surface area contributed by atoms with Gasteiger partial charge in [-0.1, -0.05) is 0 Å². The third kappa shape index (κ3) is 3.21. The highest BCUT2D eigenvalue weighted by Gasteiger charge is 2.29. The van der Waals surface area contributed by atoms with Crippen molar-refractivity contribution in [1.29, 1.82) is 5.26 Å². The lowest BCUT2D eigenvalue weighted by molar-refractivity contribution is -0.126. The second-order valence-corrected chi connectivity index (χ2v) is 4.81. The fraction of sp³-hybridized carbons (Fsp3) is 0.833. The minimum atomic E-state index is 0.207. The summed E-state index contributed by atoms with van der Waals surface area (Å²) in [4.78, 5) is 14.1. The molecule has 88 valence electrons. The van der Waals surface area contributed by atoms with Crippen molar-refractivity contribution in [3.63, 3.8) is 0 Å². The Morgan fingerprint density at radius 2 is 2.00 bits per heavy atom. The van der Waals surface area contributed by atoms with Crippen LogP contribution in [0.4, 0.5) is 0 Å². The van der Waals surface area contributed by atoms with Crippen molar-refractivity contribution >= 4 is 5.91 Å². The summed E-state index contributed by atoms with van der Waals surface area (Å²) in [5.41, 5.74) is 0. The molecule has 16 heavy (non-hydrogen) atoms. The van der Waals surface area contributed by atoms with E-state index in [1.54, 1.807) is 0 Å². The van der Waals surface area contributed by atoms with Crippen LogP contribution in [-0.4, -0.2) is 36.5 Å². The molecule has 0 aromatic rings. The van der Waals surface area contributed by atoms with Crippen LogP contribution in [0.3, 0.4) is 0 Å². The number of rotatable bonds is 4. The summed E-state index contributed by atoms with van der Waals surface area (Å²) in [6, 6.07) is 2.64. The van der Waals surface area contributed by atoms with E-state index in [1.807, 2.05) is 0 Å². The molecule has 0 atom stereocenters. The van der Waals surface area contributed by atoms with E-state index < -0.39 is 0 Å². The average molecular weight is 221 g/mol. The van der Waals surface area contributed by atoms with Crippen molar-refractivity contribution in [2.75, 3.05) is 19.6 Å². The van der Waals surface area contributed by atoms with Gasteiger partial charge >= 0.3 is 0 Å². The van der Waals surface area contributed by atoms with Crippen molar-refractivity contribution < 1.29 is 4.79 Å². The van der Waals surface area contributed by atoms with Crippen LogP contribution >= 0.6 is 0 Å². The number of nitriles is 1. The third-order valence-electron chi connectivity index (χ3n) is 3.42. The van der Waals surface area contributed by atoms with Gasteiger partial charge in [-0.25, -0.2) is 0 Å². The van der Waals surface area contributed by atoms with Crippen molar-refractivity contribution in [3.05, 3.63) is 0 Å². The largest absolute Gasteiger partial charge is 0.353 e. The molecule has 0 aromatic heterocycles. The Bertz CT molecular complexity index is 285. The zero-order chi connectivity index (χ0) is 11.4. The van der Waals surface area contributed by atoms with Gasteiger partial charge in [-0.2, -0.15) is 5.26 Å². The zero-order valence-corrected chi connectivity index (χ0v) is 9.61. The van der Waals surface area contributed by atoms with E-state index in [1.165, 1.54) is 0 Å². The first-order valence-electron chi connectivity index (χ1n) is 6.19. The molecular weight excluding hydrogens is 202 g/mol. The molecule has 1 heterocycles. The van der Waals surface area contributed by atoms with Crippen LogP contribution in [-0.2, 0) is 4.79 Å². The lowest BCUT2D eigenvalue weighted by Crippen LogP contribution is -2.41. The van der Waals surface area contributed by atoms with Gasteiger partial charge in [-0.05, 0) is 38.8 Å². The van der Waals surface area contributed by atoms with Crippen molar-refractivity contribution in [1.82, 2.24) is 10.2 Å². The molecule has 2 fully saturated rings. The van der Waals surface area contributed by atoms with Crippen molar-refractivity contribution in [3.8, 4) is 6.07 Å². The van der Waals surface area contributed by atoms with Gasteiger partial charge in [-0.15, -0.1) is 0 Å².